The van der Waals surface area contributed by atoms with Crippen molar-refractivity contribution in [1.29, 1.82) is 0 Å². The van der Waals surface area contributed by atoms with Crippen molar-refractivity contribution in [2.75, 3.05) is 0 Å². The number of oxazole rings is 1. The van der Waals surface area contributed by atoms with E-state index >= 15 is 0 Å². The van der Waals surface area contributed by atoms with Gasteiger partial charge in [0.2, 0.25) is 0 Å². The second-order valence-corrected chi connectivity index (χ2v) is 3.14. The van der Waals surface area contributed by atoms with Gasteiger partial charge in [-0.2, -0.15) is 0 Å². The van der Waals surface area contributed by atoms with Gasteiger partial charge in [-0.25, -0.2) is 9.67 Å². The second kappa shape index (κ2) is 3.79. The third-order valence-corrected chi connectivity index (χ3v) is 2.09. The van der Waals surface area contributed by atoms with E-state index in [1.165, 1.54) is 0 Å². The number of nitrogens with zero attached hydrogens (tertiary/aromatic N) is 4. The smallest absolute Gasteiger partial charge is 0.191 e. The maximum absolute atomic E-state index is 5.70. The van der Waals surface area contributed by atoms with Crippen LogP contribution in [-0.2, 0) is 12.4 Å². The number of halogens is 1. The maximum Gasteiger partial charge on any atom is 0.191 e. The van der Waals surface area contributed by atoms with Gasteiger partial charge in [0.25, 0.3) is 0 Å². The highest BCUT2D eigenvalue weighted by atomic mass is 35.5. The number of aryl methyl sites for hydroxylation is 1. The van der Waals surface area contributed by atoms with E-state index in [0.717, 1.165) is 11.4 Å². The largest absolute Gasteiger partial charge is 0.449 e. The van der Waals surface area contributed by atoms with Crippen molar-refractivity contribution in [2.45, 2.75) is 19.3 Å². The number of alkyl halides is 1. The van der Waals surface area contributed by atoms with Crippen molar-refractivity contribution in [1.82, 2.24) is 20.0 Å². The lowest BCUT2D eigenvalue weighted by atomic mass is 10.4. The van der Waals surface area contributed by atoms with Crippen LogP contribution >= 0.6 is 11.6 Å². The quantitative estimate of drug-likeness (QED) is 0.721. The molecule has 0 aliphatic rings. The number of hydrogen-bond donors (Lipinski definition) is 0. The van der Waals surface area contributed by atoms with Crippen molar-refractivity contribution in [2.24, 2.45) is 0 Å². The maximum atomic E-state index is 5.70. The third kappa shape index (κ3) is 1.77. The zero-order chi connectivity index (χ0) is 9.97. The first-order valence-corrected chi connectivity index (χ1v) is 4.67. The molecule has 0 aliphatic heterocycles. The summed E-state index contributed by atoms with van der Waals surface area (Å²) in [6.07, 6.45) is 3.25. The van der Waals surface area contributed by atoms with E-state index in [1.807, 2.05) is 0 Å². The summed E-state index contributed by atoms with van der Waals surface area (Å²) < 4.78 is 6.78. The van der Waals surface area contributed by atoms with Gasteiger partial charge in [-0.1, -0.05) is 5.21 Å². The predicted octanol–water partition coefficient (Wildman–Crippen LogP) is 1.36. The molecular weight excluding hydrogens is 204 g/mol. The van der Waals surface area contributed by atoms with Gasteiger partial charge in [-0.15, -0.1) is 16.7 Å². The molecule has 0 aliphatic carbocycles. The van der Waals surface area contributed by atoms with Crippen LogP contribution in [0, 0.1) is 6.92 Å². The Labute approximate surface area is 85.7 Å². The summed E-state index contributed by atoms with van der Waals surface area (Å²) in [6, 6.07) is 0. The van der Waals surface area contributed by atoms with Crippen molar-refractivity contribution < 1.29 is 4.42 Å². The Bertz CT molecular complexity index is 422. The molecule has 0 radical (unpaired) electrons. The van der Waals surface area contributed by atoms with E-state index in [1.54, 1.807) is 24.1 Å². The van der Waals surface area contributed by atoms with Crippen LogP contribution in [0.15, 0.2) is 16.9 Å². The summed E-state index contributed by atoms with van der Waals surface area (Å²) in [5.41, 5.74) is 1.69. The fraction of sp³-hybridized carbons (Fsp3) is 0.375. The lowest BCUT2D eigenvalue weighted by molar-refractivity contribution is 0.519. The van der Waals surface area contributed by atoms with E-state index in [4.69, 9.17) is 16.0 Å². The van der Waals surface area contributed by atoms with E-state index in [9.17, 15) is 0 Å². The summed E-state index contributed by atoms with van der Waals surface area (Å²) in [4.78, 5) is 4.16. The summed E-state index contributed by atoms with van der Waals surface area (Å²) in [5.74, 6) is 1.04. The SMILES string of the molecule is Cc1nc(Cn2nncc2CCl)co1. The normalized spacial score (nSPS) is 10.7. The van der Waals surface area contributed by atoms with Crippen LogP contribution in [0.25, 0.3) is 0 Å². The summed E-state index contributed by atoms with van der Waals surface area (Å²) >= 11 is 5.70. The van der Waals surface area contributed by atoms with Crippen LogP contribution in [0.4, 0.5) is 0 Å². The molecular formula is C8H9ClN4O. The topological polar surface area (TPSA) is 56.7 Å². The van der Waals surface area contributed by atoms with Gasteiger partial charge in [0.15, 0.2) is 5.89 Å². The minimum absolute atomic E-state index is 0.393. The van der Waals surface area contributed by atoms with Crippen LogP contribution < -0.4 is 0 Å². The molecule has 5 nitrogen and oxygen atoms in total. The molecule has 2 rings (SSSR count). The van der Waals surface area contributed by atoms with Gasteiger partial charge in [0.1, 0.15) is 12.0 Å². The Morgan fingerprint density at radius 2 is 2.43 bits per heavy atom. The molecule has 0 atom stereocenters. The van der Waals surface area contributed by atoms with Crippen LogP contribution in [0.1, 0.15) is 17.3 Å². The Balaban J connectivity index is 2.18. The van der Waals surface area contributed by atoms with E-state index in [2.05, 4.69) is 15.3 Å². The number of aromatic nitrogens is 4. The lowest BCUT2D eigenvalue weighted by Crippen LogP contribution is -2.05. The lowest BCUT2D eigenvalue weighted by Gasteiger charge is -1.99. The highest BCUT2D eigenvalue weighted by molar-refractivity contribution is 6.16. The molecule has 2 aromatic rings. The summed E-state index contributed by atoms with van der Waals surface area (Å²) in [5, 5.41) is 7.66. The van der Waals surface area contributed by atoms with Gasteiger partial charge in [0, 0.05) is 6.92 Å². The first kappa shape index (κ1) is 9.21. The van der Waals surface area contributed by atoms with Crippen LogP contribution in [-0.4, -0.2) is 20.0 Å². The molecule has 0 saturated carbocycles. The van der Waals surface area contributed by atoms with E-state index in [-0.39, 0.29) is 0 Å². The van der Waals surface area contributed by atoms with Crippen molar-refractivity contribution in [3.63, 3.8) is 0 Å². The molecule has 2 heterocycles. The molecule has 74 valence electrons. The molecule has 0 saturated heterocycles. The van der Waals surface area contributed by atoms with Gasteiger partial charge in [-0.05, 0) is 0 Å². The first-order valence-electron chi connectivity index (χ1n) is 4.14. The predicted molar refractivity (Wildman–Crippen MR) is 49.9 cm³/mol. The van der Waals surface area contributed by atoms with Crippen molar-refractivity contribution in [3.8, 4) is 0 Å². The average Bonchev–Trinajstić information content (AvgIpc) is 2.76. The molecule has 0 bridgehead atoms. The minimum Gasteiger partial charge on any atom is -0.449 e. The summed E-state index contributed by atoms with van der Waals surface area (Å²) in [6.45, 7) is 2.34. The monoisotopic (exact) mass is 212 g/mol. The van der Waals surface area contributed by atoms with E-state index < -0.39 is 0 Å². The molecule has 2 aromatic heterocycles. The fourth-order valence-electron chi connectivity index (χ4n) is 1.15. The molecule has 0 spiro atoms. The van der Waals surface area contributed by atoms with Crippen LogP contribution in [0.3, 0.4) is 0 Å². The Morgan fingerprint density at radius 1 is 1.57 bits per heavy atom. The molecule has 0 aromatic carbocycles. The van der Waals surface area contributed by atoms with Gasteiger partial charge in [0.05, 0.1) is 24.3 Å². The Morgan fingerprint density at radius 3 is 3.07 bits per heavy atom. The molecule has 0 fully saturated rings. The highest BCUT2D eigenvalue weighted by Gasteiger charge is 2.05. The molecule has 0 N–H and O–H groups in total. The Kier molecular flexibility index (Phi) is 2.49. The summed E-state index contributed by atoms with van der Waals surface area (Å²) in [7, 11) is 0. The van der Waals surface area contributed by atoms with Gasteiger partial charge >= 0.3 is 0 Å². The van der Waals surface area contributed by atoms with Crippen LogP contribution in [0.2, 0.25) is 0 Å². The third-order valence-electron chi connectivity index (χ3n) is 1.81. The highest BCUT2D eigenvalue weighted by Crippen LogP contribution is 2.06. The second-order valence-electron chi connectivity index (χ2n) is 2.87. The van der Waals surface area contributed by atoms with Gasteiger partial charge in [-0.3, -0.25) is 0 Å². The molecule has 6 heteroatoms. The van der Waals surface area contributed by atoms with Crippen molar-refractivity contribution in [3.05, 3.63) is 29.7 Å². The van der Waals surface area contributed by atoms with Crippen molar-refractivity contribution >= 4 is 11.6 Å². The standard InChI is InChI=1S/C8H9ClN4O/c1-6-11-7(5-14-6)4-13-8(2-9)3-10-12-13/h3,5H,2,4H2,1H3. The number of hydrogen-bond acceptors (Lipinski definition) is 4. The fourth-order valence-corrected chi connectivity index (χ4v) is 1.36. The molecule has 14 heavy (non-hydrogen) atoms. The Hall–Kier alpha value is -1.36. The zero-order valence-electron chi connectivity index (χ0n) is 7.64. The molecule has 0 amide bonds. The zero-order valence-corrected chi connectivity index (χ0v) is 8.40. The van der Waals surface area contributed by atoms with E-state index in [0.29, 0.717) is 18.3 Å². The minimum atomic E-state index is 0.393. The first-order chi connectivity index (χ1) is 6.79. The van der Waals surface area contributed by atoms with Gasteiger partial charge < -0.3 is 4.42 Å². The average molecular weight is 213 g/mol. The molecule has 0 unspecified atom stereocenters. The number of rotatable bonds is 3. The van der Waals surface area contributed by atoms with Crippen LogP contribution in [0.5, 0.6) is 0 Å².